The van der Waals surface area contributed by atoms with Crippen molar-refractivity contribution in [3.05, 3.63) is 0 Å². The van der Waals surface area contributed by atoms with Crippen LogP contribution in [0, 0.1) is 0 Å². The summed E-state index contributed by atoms with van der Waals surface area (Å²) < 4.78 is 17.4. The number of hydrogen-bond donors (Lipinski definition) is 1. The van der Waals surface area contributed by atoms with E-state index in [1.165, 1.54) is 0 Å². The van der Waals surface area contributed by atoms with Crippen LogP contribution < -0.4 is 0 Å². The zero-order valence-corrected chi connectivity index (χ0v) is 5.81. The average molecular weight is 167 g/mol. The molecule has 1 atom stereocenters. The predicted molar refractivity (Wildman–Crippen MR) is 33.2 cm³/mol. The quantitative estimate of drug-likeness (QED) is 0.465. The van der Waals surface area contributed by atoms with Gasteiger partial charge in [0.2, 0.25) is 0 Å². The lowest BCUT2D eigenvalue weighted by Crippen LogP contribution is -2.32. The molecule has 4 nitrogen and oxygen atoms in total. The van der Waals surface area contributed by atoms with Crippen molar-refractivity contribution in [2.75, 3.05) is 13.3 Å². The van der Waals surface area contributed by atoms with Gasteiger partial charge >= 0.3 is 6.09 Å². The number of rotatable bonds is 1. The number of nitrogens with zero attached hydrogens (tertiary/aromatic N) is 1. The van der Waals surface area contributed by atoms with E-state index in [0.29, 0.717) is 12.2 Å². The normalized spacial score (nSPS) is 25.3. The van der Waals surface area contributed by atoms with E-state index in [9.17, 15) is 9.18 Å². The summed E-state index contributed by atoms with van der Waals surface area (Å²) in [6.07, 6.45) is -1.16. The smallest absolute Gasteiger partial charge is 0.419 e. The molecule has 6 heteroatoms. The van der Waals surface area contributed by atoms with Crippen molar-refractivity contribution in [2.45, 2.75) is 6.04 Å². The van der Waals surface area contributed by atoms with E-state index in [4.69, 9.17) is 5.11 Å². The highest BCUT2D eigenvalue weighted by atomic mass is 32.2. The largest absolute Gasteiger partial charge is 0.464 e. The molecule has 1 fully saturated rings. The standard InChI is InChI=1S/C4H6FNO3S/c5-1-3-2-9-10-6(3)4(7)8/h3H,1-2H2,(H,7,8)/t3-/m0/s1. The Morgan fingerprint density at radius 2 is 2.70 bits per heavy atom. The molecule has 58 valence electrons. The van der Waals surface area contributed by atoms with Crippen LogP contribution in [-0.2, 0) is 4.18 Å². The highest BCUT2D eigenvalue weighted by Crippen LogP contribution is 2.24. The highest BCUT2D eigenvalue weighted by molar-refractivity contribution is 7.93. The molecule has 0 radical (unpaired) electrons. The van der Waals surface area contributed by atoms with Crippen molar-refractivity contribution in [1.82, 2.24) is 4.31 Å². The Labute approximate surface area is 61.3 Å². The van der Waals surface area contributed by atoms with Crippen LogP contribution in [0.1, 0.15) is 0 Å². The Morgan fingerprint density at radius 3 is 3.10 bits per heavy atom. The molecular formula is C4H6FNO3S. The Kier molecular flexibility index (Phi) is 2.34. The van der Waals surface area contributed by atoms with Gasteiger partial charge in [0, 0.05) is 0 Å². The third-order valence-electron chi connectivity index (χ3n) is 1.09. The lowest BCUT2D eigenvalue weighted by atomic mass is 10.3. The van der Waals surface area contributed by atoms with Gasteiger partial charge in [0.15, 0.2) is 0 Å². The molecule has 1 rings (SSSR count). The van der Waals surface area contributed by atoms with Crippen molar-refractivity contribution in [3.8, 4) is 0 Å². The van der Waals surface area contributed by atoms with E-state index in [1.54, 1.807) is 0 Å². The van der Waals surface area contributed by atoms with Crippen molar-refractivity contribution in [1.29, 1.82) is 0 Å². The van der Waals surface area contributed by atoms with E-state index in [0.717, 1.165) is 4.31 Å². The fourth-order valence-electron chi connectivity index (χ4n) is 0.590. The summed E-state index contributed by atoms with van der Waals surface area (Å²) in [6, 6.07) is -0.637. The Morgan fingerprint density at radius 1 is 2.00 bits per heavy atom. The molecule has 1 aliphatic rings. The SMILES string of the molecule is O=C(O)N1SOC[C@@H]1CF. The summed E-state index contributed by atoms with van der Waals surface area (Å²) in [5, 5.41) is 8.37. The van der Waals surface area contributed by atoms with Gasteiger partial charge in [-0.25, -0.2) is 13.5 Å². The maximum atomic E-state index is 11.9. The second kappa shape index (κ2) is 3.07. The third-order valence-corrected chi connectivity index (χ3v) is 1.95. The topological polar surface area (TPSA) is 49.8 Å². The minimum Gasteiger partial charge on any atom is -0.464 e. The lowest BCUT2D eigenvalue weighted by molar-refractivity contribution is 0.160. The lowest BCUT2D eigenvalue weighted by Gasteiger charge is -2.12. The molecule has 0 aromatic carbocycles. The van der Waals surface area contributed by atoms with Gasteiger partial charge in [0.05, 0.1) is 6.61 Å². The van der Waals surface area contributed by atoms with Crippen LogP contribution in [0.5, 0.6) is 0 Å². The average Bonchev–Trinajstić information content (AvgIpc) is 2.33. The molecule has 0 bridgehead atoms. The maximum absolute atomic E-state index is 11.9. The molecule has 1 saturated heterocycles. The predicted octanol–water partition coefficient (Wildman–Crippen LogP) is 0.898. The summed E-state index contributed by atoms with van der Waals surface area (Å²) in [4.78, 5) is 10.2. The Hall–Kier alpha value is -0.490. The first-order valence-electron chi connectivity index (χ1n) is 2.63. The molecule has 0 aliphatic carbocycles. The first-order valence-corrected chi connectivity index (χ1v) is 3.33. The van der Waals surface area contributed by atoms with Crippen LogP contribution in [0.15, 0.2) is 0 Å². The molecular weight excluding hydrogens is 161 g/mol. The molecule has 1 aliphatic heterocycles. The maximum Gasteiger partial charge on any atom is 0.419 e. The number of alkyl halides is 1. The minimum atomic E-state index is -1.16. The number of hydrogen-bond acceptors (Lipinski definition) is 3. The van der Waals surface area contributed by atoms with Crippen LogP contribution in [0.25, 0.3) is 0 Å². The Balaban J connectivity index is 2.50. The van der Waals surface area contributed by atoms with Crippen LogP contribution in [-0.4, -0.2) is 34.8 Å². The first kappa shape index (κ1) is 7.62. The fraction of sp³-hybridized carbons (Fsp3) is 0.750. The van der Waals surface area contributed by atoms with Gasteiger partial charge in [-0.05, 0) is 0 Å². The number of halogens is 1. The second-order valence-electron chi connectivity index (χ2n) is 1.78. The van der Waals surface area contributed by atoms with Gasteiger partial charge in [-0.15, -0.1) is 0 Å². The zero-order chi connectivity index (χ0) is 7.56. The third kappa shape index (κ3) is 1.32. The van der Waals surface area contributed by atoms with Gasteiger partial charge in [-0.2, -0.15) is 0 Å². The molecule has 1 N–H and O–H groups in total. The molecule has 10 heavy (non-hydrogen) atoms. The van der Waals surface area contributed by atoms with Crippen LogP contribution in [0.3, 0.4) is 0 Å². The number of amides is 1. The van der Waals surface area contributed by atoms with Gasteiger partial charge in [0.1, 0.15) is 24.9 Å². The molecule has 0 unspecified atom stereocenters. The summed E-state index contributed by atoms with van der Waals surface area (Å²) in [7, 11) is 0. The monoisotopic (exact) mass is 167 g/mol. The molecule has 0 aromatic rings. The van der Waals surface area contributed by atoms with Crippen LogP contribution >= 0.6 is 12.2 Å². The summed E-state index contributed by atoms with van der Waals surface area (Å²) >= 11 is 0.677. The summed E-state index contributed by atoms with van der Waals surface area (Å²) in [5.41, 5.74) is 0. The molecule has 0 spiro atoms. The second-order valence-corrected chi connectivity index (χ2v) is 2.55. The molecule has 0 aromatic heterocycles. The molecule has 1 amide bonds. The van der Waals surface area contributed by atoms with Crippen molar-refractivity contribution >= 4 is 18.3 Å². The number of carboxylic acid groups (broad SMARTS) is 1. The fourth-order valence-corrected chi connectivity index (χ4v) is 1.22. The van der Waals surface area contributed by atoms with Gasteiger partial charge in [-0.1, -0.05) is 0 Å². The van der Waals surface area contributed by atoms with Gasteiger partial charge < -0.3 is 5.11 Å². The van der Waals surface area contributed by atoms with E-state index in [1.807, 2.05) is 0 Å². The van der Waals surface area contributed by atoms with E-state index in [-0.39, 0.29) is 6.61 Å². The van der Waals surface area contributed by atoms with Crippen molar-refractivity contribution in [3.63, 3.8) is 0 Å². The van der Waals surface area contributed by atoms with E-state index >= 15 is 0 Å². The Bertz CT molecular complexity index is 144. The number of carbonyl (C=O) groups is 1. The minimum absolute atomic E-state index is 0.132. The molecule has 0 saturated carbocycles. The first-order chi connectivity index (χ1) is 4.75. The van der Waals surface area contributed by atoms with E-state index < -0.39 is 18.8 Å². The van der Waals surface area contributed by atoms with Crippen molar-refractivity contribution in [2.24, 2.45) is 0 Å². The van der Waals surface area contributed by atoms with Crippen molar-refractivity contribution < 1.29 is 18.5 Å². The summed E-state index contributed by atoms with van der Waals surface area (Å²) in [6.45, 7) is -0.563. The highest BCUT2D eigenvalue weighted by Gasteiger charge is 2.31. The van der Waals surface area contributed by atoms with Crippen LogP contribution in [0.4, 0.5) is 9.18 Å². The van der Waals surface area contributed by atoms with Gasteiger partial charge in [-0.3, -0.25) is 4.18 Å². The molecule has 1 heterocycles. The van der Waals surface area contributed by atoms with E-state index in [2.05, 4.69) is 4.18 Å². The zero-order valence-electron chi connectivity index (χ0n) is 4.99. The van der Waals surface area contributed by atoms with Gasteiger partial charge in [0.25, 0.3) is 0 Å². The summed E-state index contributed by atoms with van der Waals surface area (Å²) in [5.74, 6) is 0. The van der Waals surface area contributed by atoms with Crippen LogP contribution in [0.2, 0.25) is 0 Å².